The molecule has 112 valence electrons. The lowest BCUT2D eigenvalue weighted by molar-refractivity contribution is -0.384. The average Bonchev–Trinajstić information content (AvgIpc) is 2.91. The molecule has 22 heavy (non-hydrogen) atoms. The number of hydrogen-bond donors (Lipinski definition) is 1. The van der Waals surface area contributed by atoms with Crippen molar-refractivity contribution in [2.24, 2.45) is 0 Å². The van der Waals surface area contributed by atoms with E-state index in [0.717, 1.165) is 0 Å². The monoisotopic (exact) mass is 300 g/mol. The van der Waals surface area contributed by atoms with Gasteiger partial charge in [0.2, 0.25) is 0 Å². The van der Waals surface area contributed by atoms with Crippen LogP contribution in [0.15, 0.2) is 36.4 Å². The van der Waals surface area contributed by atoms with E-state index in [1.54, 1.807) is 12.1 Å². The summed E-state index contributed by atoms with van der Waals surface area (Å²) in [7, 11) is 1.50. The van der Waals surface area contributed by atoms with Gasteiger partial charge in [-0.15, -0.1) is 0 Å². The SMILES string of the molecule is COc1ccc(Oc2ccc([N+](=O)[O-])cc2)c2c1C(=O)NC2. The van der Waals surface area contributed by atoms with Crippen LogP contribution in [0.5, 0.6) is 17.2 Å². The Balaban J connectivity index is 1.93. The first kappa shape index (κ1) is 13.9. The number of rotatable bonds is 4. The number of nitrogens with one attached hydrogen (secondary N) is 1. The van der Waals surface area contributed by atoms with E-state index in [2.05, 4.69) is 5.32 Å². The van der Waals surface area contributed by atoms with Crippen LogP contribution in [-0.4, -0.2) is 17.9 Å². The summed E-state index contributed by atoms with van der Waals surface area (Å²) in [6, 6.07) is 9.12. The molecule has 0 spiro atoms. The maximum absolute atomic E-state index is 11.8. The number of methoxy groups -OCH3 is 1. The second kappa shape index (κ2) is 5.36. The molecule has 0 saturated carbocycles. The van der Waals surface area contributed by atoms with E-state index in [1.807, 2.05) is 0 Å². The van der Waals surface area contributed by atoms with Gasteiger partial charge in [-0.3, -0.25) is 14.9 Å². The molecule has 2 aromatic rings. The first-order valence-corrected chi connectivity index (χ1v) is 6.50. The zero-order valence-corrected chi connectivity index (χ0v) is 11.7. The largest absolute Gasteiger partial charge is 0.496 e. The quantitative estimate of drug-likeness (QED) is 0.692. The summed E-state index contributed by atoms with van der Waals surface area (Å²) in [4.78, 5) is 22.0. The van der Waals surface area contributed by atoms with Gasteiger partial charge in [-0.05, 0) is 24.3 Å². The van der Waals surface area contributed by atoms with Crippen molar-refractivity contribution in [2.45, 2.75) is 6.54 Å². The number of nitrogens with zero attached hydrogens (tertiary/aromatic N) is 1. The van der Waals surface area contributed by atoms with E-state index >= 15 is 0 Å². The Morgan fingerprint density at radius 1 is 1.14 bits per heavy atom. The minimum absolute atomic E-state index is 0.0100. The molecule has 1 amide bonds. The van der Waals surface area contributed by atoms with Crippen molar-refractivity contribution < 1.29 is 19.2 Å². The van der Waals surface area contributed by atoms with Crippen LogP contribution in [0.1, 0.15) is 15.9 Å². The number of ether oxygens (including phenoxy) is 2. The van der Waals surface area contributed by atoms with E-state index in [4.69, 9.17) is 9.47 Å². The van der Waals surface area contributed by atoms with Crippen molar-refractivity contribution in [2.75, 3.05) is 7.11 Å². The van der Waals surface area contributed by atoms with Gasteiger partial charge in [0.05, 0.1) is 17.6 Å². The number of hydrogen-bond acceptors (Lipinski definition) is 5. The van der Waals surface area contributed by atoms with Gasteiger partial charge in [-0.2, -0.15) is 0 Å². The van der Waals surface area contributed by atoms with Crippen LogP contribution >= 0.6 is 0 Å². The highest BCUT2D eigenvalue weighted by atomic mass is 16.6. The normalized spacial score (nSPS) is 12.5. The molecule has 1 N–H and O–H groups in total. The minimum atomic E-state index is -0.475. The van der Waals surface area contributed by atoms with Gasteiger partial charge in [0.15, 0.2) is 0 Å². The zero-order chi connectivity index (χ0) is 15.7. The number of benzene rings is 2. The molecule has 1 aliphatic rings. The van der Waals surface area contributed by atoms with Gasteiger partial charge in [0, 0.05) is 24.2 Å². The molecule has 0 aliphatic carbocycles. The molecule has 0 fully saturated rings. The molecule has 0 unspecified atom stereocenters. The Labute approximate surface area is 125 Å². The molecule has 2 aromatic carbocycles. The molecule has 0 radical (unpaired) electrons. The van der Waals surface area contributed by atoms with Crippen molar-refractivity contribution in [3.8, 4) is 17.2 Å². The van der Waals surface area contributed by atoms with Gasteiger partial charge in [0.25, 0.3) is 11.6 Å². The van der Waals surface area contributed by atoms with Crippen LogP contribution in [0.3, 0.4) is 0 Å². The molecule has 0 saturated heterocycles. The van der Waals surface area contributed by atoms with Gasteiger partial charge in [0.1, 0.15) is 17.2 Å². The van der Waals surface area contributed by atoms with Crippen LogP contribution < -0.4 is 14.8 Å². The molecule has 0 atom stereocenters. The molecule has 0 bridgehead atoms. The lowest BCUT2D eigenvalue weighted by Gasteiger charge is -2.11. The molecule has 0 aromatic heterocycles. The average molecular weight is 300 g/mol. The predicted octanol–water partition coefficient (Wildman–Crippen LogP) is 2.64. The number of carbonyl (C=O) groups excluding carboxylic acids is 1. The third-order valence-electron chi connectivity index (χ3n) is 3.38. The number of nitro benzene ring substituents is 1. The van der Waals surface area contributed by atoms with E-state index in [1.165, 1.54) is 31.4 Å². The highest BCUT2D eigenvalue weighted by molar-refractivity contribution is 6.01. The van der Waals surface area contributed by atoms with Crippen molar-refractivity contribution in [3.05, 3.63) is 57.6 Å². The van der Waals surface area contributed by atoms with E-state index in [-0.39, 0.29) is 11.6 Å². The van der Waals surface area contributed by atoms with Crippen LogP contribution in [0, 0.1) is 10.1 Å². The second-order valence-electron chi connectivity index (χ2n) is 4.66. The highest BCUT2D eigenvalue weighted by Crippen LogP contribution is 2.36. The standard InChI is InChI=1S/C15H12N2O5/c1-21-13-7-6-12(11-8-16-15(18)14(11)13)22-10-4-2-9(3-5-10)17(19)20/h2-7H,8H2,1H3,(H,16,18). The van der Waals surface area contributed by atoms with E-state index in [0.29, 0.717) is 34.9 Å². The smallest absolute Gasteiger partial charge is 0.269 e. The second-order valence-corrected chi connectivity index (χ2v) is 4.66. The first-order valence-electron chi connectivity index (χ1n) is 6.50. The molecule has 1 heterocycles. The van der Waals surface area contributed by atoms with Crippen LogP contribution in [-0.2, 0) is 6.54 Å². The summed E-state index contributed by atoms with van der Waals surface area (Å²) in [5.74, 6) is 1.25. The Morgan fingerprint density at radius 3 is 2.45 bits per heavy atom. The predicted molar refractivity (Wildman–Crippen MR) is 77.3 cm³/mol. The number of carbonyl (C=O) groups is 1. The maximum atomic E-state index is 11.8. The summed E-state index contributed by atoms with van der Waals surface area (Å²) >= 11 is 0. The fourth-order valence-corrected chi connectivity index (χ4v) is 2.32. The maximum Gasteiger partial charge on any atom is 0.269 e. The van der Waals surface area contributed by atoms with Crippen molar-refractivity contribution >= 4 is 11.6 Å². The summed E-state index contributed by atoms with van der Waals surface area (Å²) in [5.41, 5.74) is 1.16. The number of amides is 1. The Kier molecular flexibility index (Phi) is 3.38. The molecule has 7 heteroatoms. The van der Waals surface area contributed by atoms with Crippen molar-refractivity contribution in [3.63, 3.8) is 0 Å². The van der Waals surface area contributed by atoms with Gasteiger partial charge in [-0.25, -0.2) is 0 Å². The zero-order valence-electron chi connectivity index (χ0n) is 11.7. The first-order chi connectivity index (χ1) is 10.6. The molecule has 3 rings (SSSR count). The van der Waals surface area contributed by atoms with Gasteiger partial charge in [-0.1, -0.05) is 0 Å². The third-order valence-corrected chi connectivity index (χ3v) is 3.38. The van der Waals surface area contributed by atoms with E-state index < -0.39 is 4.92 Å². The fraction of sp³-hybridized carbons (Fsp3) is 0.133. The topological polar surface area (TPSA) is 90.7 Å². The summed E-state index contributed by atoms with van der Waals surface area (Å²) < 4.78 is 10.9. The van der Waals surface area contributed by atoms with Crippen molar-refractivity contribution in [1.82, 2.24) is 5.32 Å². The molecule has 1 aliphatic heterocycles. The van der Waals surface area contributed by atoms with Crippen molar-refractivity contribution in [1.29, 1.82) is 0 Å². The third kappa shape index (κ3) is 2.32. The van der Waals surface area contributed by atoms with Crippen LogP contribution in [0.25, 0.3) is 0 Å². The molecule has 7 nitrogen and oxygen atoms in total. The van der Waals surface area contributed by atoms with E-state index in [9.17, 15) is 14.9 Å². The Hall–Kier alpha value is -3.09. The molecular weight excluding hydrogens is 288 g/mol. The highest BCUT2D eigenvalue weighted by Gasteiger charge is 2.27. The lowest BCUT2D eigenvalue weighted by atomic mass is 10.1. The molecular formula is C15H12N2O5. The lowest BCUT2D eigenvalue weighted by Crippen LogP contribution is -2.13. The summed E-state index contributed by atoms with van der Waals surface area (Å²) in [6.07, 6.45) is 0. The van der Waals surface area contributed by atoms with Gasteiger partial charge < -0.3 is 14.8 Å². The summed E-state index contributed by atoms with van der Waals surface area (Å²) in [6.45, 7) is 0.355. The van der Waals surface area contributed by atoms with Crippen LogP contribution in [0.4, 0.5) is 5.69 Å². The van der Waals surface area contributed by atoms with Crippen LogP contribution in [0.2, 0.25) is 0 Å². The fourth-order valence-electron chi connectivity index (χ4n) is 2.32. The number of non-ortho nitro benzene ring substituents is 1. The number of nitro groups is 1. The Morgan fingerprint density at radius 2 is 1.82 bits per heavy atom. The van der Waals surface area contributed by atoms with Gasteiger partial charge >= 0.3 is 0 Å². The minimum Gasteiger partial charge on any atom is -0.496 e. The Bertz CT molecular complexity index is 755. The summed E-state index contributed by atoms with van der Waals surface area (Å²) in [5, 5.41) is 13.4. The number of fused-ring (bicyclic) bond motifs is 1.